The Kier molecular flexibility index (Phi) is 81.8. The second-order valence-electron chi connectivity index (χ2n) is 28.3. The van der Waals surface area contributed by atoms with Crippen molar-refractivity contribution in [3.8, 4) is 0 Å². The first-order valence-corrected chi connectivity index (χ1v) is 44.2. The summed E-state index contributed by atoms with van der Waals surface area (Å²) in [5.74, 6) is -0.820. The average molecular weight is 1430 g/mol. The lowest BCUT2D eigenvalue weighted by Crippen LogP contribution is -2.29. The van der Waals surface area contributed by atoms with Gasteiger partial charge in [-0.15, -0.1) is 0 Å². The number of esters is 2. The van der Waals surface area contributed by atoms with Crippen LogP contribution in [0.4, 0.5) is 0 Å². The van der Waals surface area contributed by atoms with Gasteiger partial charge in [0.05, 0.1) is 13.2 Å². The molecule has 0 heterocycles. The van der Waals surface area contributed by atoms with Crippen molar-refractivity contribution in [3.63, 3.8) is 0 Å². The fourth-order valence-corrected chi connectivity index (χ4v) is 13.0. The van der Waals surface area contributed by atoms with Gasteiger partial charge < -0.3 is 20.1 Å². The van der Waals surface area contributed by atoms with Crippen LogP contribution in [0, 0.1) is 0 Å². The molecule has 2 atom stereocenters. The molecule has 9 nitrogen and oxygen atoms in total. The van der Waals surface area contributed by atoms with Crippen LogP contribution >= 0.6 is 7.82 Å². The van der Waals surface area contributed by atoms with Crippen LogP contribution in [-0.4, -0.2) is 49.3 Å². The second kappa shape index (κ2) is 85.1. The number of ether oxygens (including phenoxy) is 2. The Morgan fingerprint density at radius 1 is 0.307 bits per heavy atom. The number of carbonyl (C=O) groups is 2. The first kappa shape index (κ1) is 97.2. The maximum absolute atomic E-state index is 12.8. The lowest BCUT2D eigenvalue weighted by molar-refractivity contribution is -0.161. The van der Waals surface area contributed by atoms with E-state index in [4.69, 9.17) is 24.3 Å². The minimum absolute atomic E-state index is 0.0497. The molecule has 0 aromatic carbocycles. The third kappa shape index (κ3) is 85.0. The highest BCUT2D eigenvalue weighted by molar-refractivity contribution is 7.47. The maximum atomic E-state index is 12.8. The van der Waals surface area contributed by atoms with Crippen molar-refractivity contribution in [1.29, 1.82) is 0 Å². The van der Waals surface area contributed by atoms with Crippen molar-refractivity contribution in [2.75, 3.05) is 26.4 Å². The molecule has 0 spiro atoms. The van der Waals surface area contributed by atoms with Crippen LogP contribution in [0.2, 0.25) is 0 Å². The topological polar surface area (TPSA) is 134 Å². The molecule has 3 N–H and O–H groups in total. The Labute approximate surface area is 624 Å². The SMILES string of the molecule is CC/C=C\C/C=C\C/C=C\C/C=C\C/C=C\C/C=C\C/C=C\C/C=C\C/C=C\CCCCCCCCCCCCCC(=O)OC(COC(=O)CCCCCCCCCCCCCCCCCCCCCCCCCCCCCCC/C=C\C/C=C\CCCCCCC)COP(=O)(O)OCCN. The number of unbranched alkanes of at least 4 members (excludes halogenated alkanes) is 45. The summed E-state index contributed by atoms with van der Waals surface area (Å²) >= 11 is 0. The zero-order valence-corrected chi connectivity index (χ0v) is 66.8. The van der Waals surface area contributed by atoms with E-state index < -0.39 is 26.5 Å². The zero-order valence-electron chi connectivity index (χ0n) is 65.9. The molecule has 2 unspecified atom stereocenters. The molecule has 101 heavy (non-hydrogen) atoms. The predicted molar refractivity (Wildman–Crippen MR) is 441 cm³/mol. The maximum Gasteiger partial charge on any atom is 0.472 e. The number of carbonyl (C=O) groups excluding carboxylic acids is 2. The van der Waals surface area contributed by atoms with Gasteiger partial charge in [-0.2, -0.15) is 0 Å². The van der Waals surface area contributed by atoms with Crippen LogP contribution < -0.4 is 5.73 Å². The average Bonchev–Trinajstić information content (AvgIpc) is 1.01. The monoisotopic (exact) mass is 1430 g/mol. The van der Waals surface area contributed by atoms with Gasteiger partial charge in [0, 0.05) is 19.4 Å². The minimum Gasteiger partial charge on any atom is -0.462 e. The van der Waals surface area contributed by atoms with Crippen molar-refractivity contribution < 1.29 is 37.6 Å². The number of nitrogens with two attached hydrogens (primary N) is 1. The molecule has 0 aliphatic carbocycles. The van der Waals surface area contributed by atoms with Gasteiger partial charge in [-0.25, -0.2) is 4.57 Å². The number of hydrogen-bond acceptors (Lipinski definition) is 8. The summed E-state index contributed by atoms with van der Waals surface area (Å²) in [5.41, 5.74) is 5.42. The third-order valence-electron chi connectivity index (χ3n) is 18.5. The number of hydrogen-bond donors (Lipinski definition) is 2. The Morgan fingerprint density at radius 2 is 0.545 bits per heavy atom. The molecule has 0 amide bonds. The summed E-state index contributed by atoms with van der Waals surface area (Å²) in [7, 11) is -4.41. The summed E-state index contributed by atoms with van der Waals surface area (Å²) in [6.07, 6.45) is 122. The van der Waals surface area contributed by atoms with Gasteiger partial charge in [-0.3, -0.25) is 18.6 Å². The Balaban J connectivity index is 3.80. The van der Waals surface area contributed by atoms with Crippen LogP contribution in [0.15, 0.2) is 134 Å². The van der Waals surface area contributed by atoms with E-state index in [2.05, 4.69) is 148 Å². The van der Waals surface area contributed by atoms with Crippen molar-refractivity contribution in [1.82, 2.24) is 0 Å². The van der Waals surface area contributed by atoms with Crippen molar-refractivity contribution in [2.45, 2.75) is 405 Å². The number of rotatable bonds is 80. The molecule has 0 aliphatic rings. The van der Waals surface area contributed by atoms with Crippen LogP contribution in [0.1, 0.15) is 399 Å². The van der Waals surface area contributed by atoms with E-state index in [1.165, 1.54) is 257 Å². The molecule has 0 radical (unpaired) electrons. The second-order valence-corrected chi connectivity index (χ2v) is 29.8. The number of phosphoric ester groups is 1. The molecule has 582 valence electrons. The highest BCUT2D eigenvalue weighted by Gasteiger charge is 2.26. The molecule has 0 aromatic heterocycles. The summed E-state index contributed by atoms with van der Waals surface area (Å²) in [6.45, 7) is 3.66. The number of phosphoric acid groups is 1. The predicted octanol–water partition coefficient (Wildman–Crippen LogP) is 29.1. The molecule has 0 bridgehead atoms. The summed E-state index contributed by atoms with van der Waals surface area (Å²) in [6, 6.07) is 0. The largest absolute Gasteiger partial charge is 0.472 e. The third-order valence-corrected chi connectivity index (χ3v) is 19.5. The van der Waals surface area contributed by atoms with Crippen LogP contribution in [0.3, 0.4) is 0 Å². The normalized spacial score (nSPS) is 13.5. The molecule has 0 aromatic rings. The highest BCUT2D eigenvalue weighted by atomic mass is 31.2. The Morgan fingerprint density at radius 3 is 0.812 bits per heavy atom. The van der Waals surface area contributed by atoms with Gasteiger partial charge in [0.1, 0.15) is 6.61 Å². The molecule has 0 saturated carbocycles. The lowest BCUT2D eigenvalue weighted by Gasteiger charge is -2.19. The first-order valence-electron chi connectivity index (χ1n) is 42.7. The Bertz CT molecular complexity index is 2130. The van der Waals surface area contributed by atoms with E-state index in [1.807, 2.05) is 0 Å². The van der Waals surface area contributed by atoms with E-state index in [9.17, 15) is 19.0 Å². The van der Waals surface area contributed by atoms with Crippen molar-refractivity contribution >= 4 is 19.8 Å². The number of allylic oxidation sites excluding steroid dienone is 22. The van der Waals surface area contributed by atoms with E-state index >= 15 is 0 Å². The molecular weight excluding hydrogens is 1270 g/mol. The molecule has 0 rings (SSSR count). The Hall–Kier alpha value is -3.85. The van der Waals surface area contributed by atoms with Gasteiger partial charge in [0.15, 0.2) is 6.10 Å². The van der Waals surface area contributed by atoms with Gasteiger partial charge in [-0.1, -0.05) is 404 Å². The smallest absolute Gasteiger partial charge is 0.462 e. The van der Waals surface area contributed by atoms with E-state index in [-0.39, 0.29) is 38.6 Å². The van der Waals surface area contributed by atoms with Gasteiger partial charge in [0.25, 0.3) is 0 Å². The summed E-state index contributed by atoms with van der Waals surface area (Å²) < 4.78 is 33.3. The molecule has 0 saturated heterocycles. The quantitative estimate of drug-likeness (QED) is 0.0264. The molecule has 0 fully saturated rings. The highest BCUT2D eigenvalue weighted by Crippen LogP contribution is 2.43. The first-order chi connectivity index (χ1) is 49.8. The van der Waals surface area contributed by atoms with Crippen LogP contribution in [0.25, 0.3) is 0 Å². The zero-order chi connectivity index (χ0) is 72.9. The van der Waals surface area contributed by atoms with E-state index in [1.54, 1.807) is 0 Å². The standard InChI is InChI=1S/C91H160NO8P/c1-3-5-7-9-11-13-15-17-19-21-23-25-27-29-31-33-35-37-39-41-43-44-46-47-49-51-53-55-57-59-61-63-65-67-69-71-73-75-77-79-81-83-90(93)97-87-89(88-99-101(95,96)98-86-85-92)100-91(94)84-82-80-78-76-74-72-70-68-66-64-62-60-58-56-54-52-50-48-45-42-40-38-36-34-32-30-28-26-24-22-20-18-16-14-12-10-8-6-4-2/h6,8,12,14-15,17-18,20-21,23-24,26,30,32,36,38,42,45,50,52,56,58,89H,3-5,7,9-11,13,16,19,22,25,27-29,31,33-35,37,39-41,43-44,46-49,51,53-55,57,59-88,92H2,1-2H3,(H,95,96)/b8-6-,14-12-,17-15-,20-18-,23-21-,26-24-,32-30-,38-36-,45-42-,52-50-,58-56-. The van der Waals surface area contributed by atoms with Crippen molar-refractivity contribution in [3.05, 3.63) is 134 Å². The van der Waals surface area contributed by atoms with Crippen LogP contribution in [-0.2, 0) is 32.7 Å². The van der Waals surface area contributed by atoms with Crippen LogP contribution in [0.5, 0.6) is 0 Å². The van der Waals surface area contributed by atoms with E-state index in [0.29, 0.717) is 6.42 Å². The van der Waals surface area contributed by atoms with Gasteiger partial charge in [-0.05, 0) is 116 Å². The fraction of sp³-hybridized carbons (Fsp3) is 0.736. The molecule has 10 heteroatoms. The van der Waals surface area contributed by atoms with Gasteiger partial charge in [0.2, 0.25) is 0 Å². The molecule has 0 aliphatic heterocycles. The van der Waals surface area contributed by atoms with Gasteiger partial charge >= 0.3 is 19.8 Å². The van der Waals surface area contributed by atoms with Crippen molar-refractivity contribution in [2.24, 2.45) is 5.73 Å². The lowest BCUT2D eigenvalue weighted by atomic mass is 10.0. The van der Waals surface area contributed by atoms with E-state index in [0.717, 1.165) is 109 Å². The summed E-state index contributed by atoms with van der Waals surface area (Å²) in [4.78, 5) is 35.5. The fourth-order valence-electron chi connectivity index (χ4n) is 12.3. The molecular formula is C91H160NO8P. The minimum atomic E-state index is -4.41. The summed E-state index contributed by atoms with van der Waals surface area (Å²) in [5, 5.41) is 0.